The monoisotopic (exact) mass is 405 g/mol. The molecular weight excluding hydrogens is 382 g/mol. The van der Waals surface area contributed by atoms with Gasteiger partial charge < -0.3 is 42.7 Å². The molecular formula is C14H23N5O9. The number of primary amides is 1. The van der Waals surface area contributed by atoms with Crippen molar-refractivity contribution in [2.24, 2.45) is 11.5 Å². The first kappa shape index (κ1) is 24.7. The van der Waals surface area contributed by atoms with E-state index in [0.717, 1.165) is 0 Å². The van der Waals surface area contributed by atoms with Crippen molar-refractivity contribution < 1.29 is 44.1 Å². The molecule has 0 heterocycles. The summed E-state index contributed by atoms with van der Waals surface area (Å²) >= 11 is 0. The number of carboxylic acid groups (broad SMARTS) is 2. The molecule has 10 N–H and O–H groups in total. The minimum absolute atomic E-state index is 0.754. The second-order valence-corrected chi connectivity index (χ2v) is 5.76. The van der Waals surface area contributed by atoms with E-state index in [2.05, 4.69) is 5.32 Å². The van der Waals surface area contributed by atoms with E-state index in [1.807, 2.05) is 10.6 Å². The van der Waals surface area contributed by atoms with Gasteiger partial charge in [0, 0.05) is 0 Å². The predicted octanol–water partition coefficient (Wildman–Crippen LogP) is -4.78. The first-order valence-electron chi connectivity index (χ1n) is 7.89. The maximum absolute atomic E-state index is 12.3. The van der Waals surface area contributed by atoms with Crippen LogP contribution >= 0.6 is 0 Å². The number of hydrogen-bond donors (Lipinski definition) is 8. The summed E-state index contributed by atoms with van der Waals surface area (Å²) in [5.41, 5.74) is 10.3. The molecule has 4 atom stereocenters. The quantitative estimate of drug-likeness (QED) is 0.154. The molecule has 0 fully saturated rings. The lowest BCUT2D eigenvalue weighted by molar-refractivity contribution is -0.144. The van der Waals surface area contributed by atoms with Crippen molar-refractivity contribution in [3.63, 3.8) is 0 Å². The normalized spacial score (nSPS) is 14.7. The number of aliphatic hydroxyl groups excluding tert-OH is 1. The van der Waals surface area contributed by atoms with Crippen LogP contribution in [0.25, 0.3) is 0 Å². The number of carbonyl (C=O) groups is 6. The van der Waals surface area contributed by atoms with Crippen LogP contribution in [0.4, 0.5) is 0 Å². The fraction of sp³-hybridized carbons (Fsp3) is 0.571. The van der Waals surface area contributed by atoms with E-state index in [1.165, 1.54) is 6.92 Å². The summed E-state index contributed by atoms with van der Waals surface area (Å²) in [5, 5.41) is 32.6. The molecule has 28 heavy (non-hydrogen) atoms. The van der Waals surface area contributed by atoms with Gasteiger partial charge in [0.2, 0.25) is 23.6 Å². The Labute approximate surface area is 158 Å². The number of rotatable bonds is 12. The summed E-state index contributed by atoms with van der Waals surface area (Å²) in [5.74, 6) is -7.22. The highest BCUT2D eigenvalue weighted by Crippen LogP contribution is 2.00. The van der Waals surface area contributed by atoms with Gasteiger partial charge in [-0.1, -0.05) is 0 Å². The van der Waals surface area contributed by atoms with Gasteiger partial charge in [0.25, 0.3) is 0 Å². The summed E-state index contributed by atoms with van der Waals surface area (Å²) in [7, 11) is 0. The molecule has 158 valence electrons. The predicted molar refractivity (Wildman–Crippen MR) is 90.2 cm³/mol. The molecule has 14 nitrogen and oxygen atoms in total. The Morgan fingerprint density at radius 2 is 1.25 bits per heavy atom. The molecule has 0 saturated carbocycles. The molecule has 4 amide bonds. The van der Waals surface area contributed by atoms with E-state index in [0.29, 0.717) is 0 Å². The third-order valence-corrected chi connectivity index (χ3v) is 3.26. The Bertz CT molecular complexity index is 637. The zero-order valence-electron chi connectivity index (χ0n) is 14.9. The number of hydrogen-bond acceptors (Lipinski definition) is 8. The highest BCUT2D eigenvalue weighted by Gasteiger charge is 2.31. The number of nitrogens with one attached hydrogen (secondary N) is 3. The highest BCUT2D eigenvalue weighted by atomic mass is 16.4. The Hall–Kier alpha value is -3.26. The molecule has 0 aliphatic heterocycles. The topological polar surface area (TPSA) is 251 Å². The summed E-state index contributed by atoms with van der Waals surface area (Å²) in [4.78, 5) is 69.0. The van der Waals surface area contributed by atoms with Crippen LogP contribution < -0.4 is 27.4 Å². The highest BCUT2D eigenvalue weighted by molar-refractivity contribution is 5.97. The number of nitrogens with two attached hydrogens (primary N) is 2. The van der Waals surface area contributed by atoms with Crippen LogP contribution in [-0.2, 0) is 28.8 Å². The summed E-state index contributed by atoms with van der Waals surface area (Å²) in [6.07, 6.45) is -1.61. The minimum Gasteiger partial charge on any atom is -0.481 e. The third kappa shape index (κ3) is 8.91. The molecule has 0 spiro atoms. The Kier molecular flexibility index (Phi) is 10.1. The summed E-state index contributed by atoms with van der Waals surface area (Å²) in [6.45, 7) is 0.319. The molecule has 0 aromatic rings. The first-order chi connectivity index (χ1) is 12.9. The minimum atomic E-state index is -1.72. The van der Waals surface area contributed by atoms with Gasteiger partial charge in [0.15, 0.2) is 0 Å². The van der Waals surface area contributed by atoms with Crippen LogP contribution in [0.2, 0.25) is 0 Å². The van der Waals surface area contributed by atoms with E-state index in [-0.39, 0.29) is 0 Å². The van der Waals surface area contributed by atoms with Gasteiger partial charge in [-0.3, -0.25) is 24.0 Å². The number of aliphatic carboxylic acids is 2. The lowest BCUT2D eigenvalue weighted by atomic mass is 10.1. The SMILES string of the molecule is CC(N)C(=O)NC(CC(=O)O)C(=O)NC(CC(N)=O)C(=O)NC(CO)C(=O)O. The number of aliphatic hydroxyl groups is 1. The van der Waals surface area contributed by atoms with E-state index < -0.39 is 79.2 Å². The molecule has 0 aromatic carbocycles. The van der Waals surface area contributed by atoms with Crippen molar-refractivity contribution >= 4 is 35.6 Å². The maximum Gasteiger partial charge on any atom is 0.328 e. The van der Waals surface area contributed by atoms with E-state index in [4.69, 9.17) is 26.8 Å². The van der Waals surface area contributed by atoms with Crippen LogP contribution in [0.1, 0.15) is 19.8 Å². The van der Waals surface area contributed by atoms with E-state index in [9.17, 15) is 28.8 Å². The van der Waals surface area contributed by atoms with Gasteiger partial charge in [-0.05, 0) is 6.92 Å². The Morgan fingerprint density at radius 1 is 0.821 bits per heavy atom. The van der Waals surface area contributed by atoms with Gasteiger partial charge in [0.05, 0.1) is 25.5 Å². The summed E-state index contributed by atoms with van der Waals surface area (Å²) in [6, 6.07) is -6.09. The van der Waals surface area contributed by atoms with Crippen molar-refractivity contribution in [1.29, 1.82) is 0 Å². The molecule has 0 saturated heterocycles. The zero-order valence-corrected chi connectivity index (χ0v) is 14.9. The average Bonchev–Trinajstić information content (AvgIpc) is 2.56. The van der Waals surface area contributed by atoms with Crippen LogP contribution in [0.5, 0.6) is 0 Å². The maximum atomic E-state index is 12.3. The van der Waals surface area contributed by atoms with E-state index in [1.54, 1.807) is 0 Å². The molecule has 4 unspecified atom stereocenters. The lowest BCUT2D eigenvalue weighted by Crippen LogP contribution is -2.58. The molecule has 0 bridgehead atoms. The smallest absolute Gasteiger partial charge is 0.328 e. The number of amides is 4. The van der Waals surface area contributed by atoms with Crippen LogP contribution in [0, 0.1) is 0 Å². The second kappa shape index (κ2) is 11.5. The number of carboxylic acids is 2. The summed E-state index contributed by atoms with van der Waals surface area (Å²) < 4.78 is 0. The third-order valence-electron chi connectivity index (χ3n) is 3.26. The zero-order chi connectivity index (χ0) is 22.0. The van der Waals surface area contributed by atoms with Crippen molar-refractivity contribution in [3.8, 4) is 0 Å². The first-order valence-corrected chi connectivity index (χ1v) is 7.89. The van der Waals surface area contributed by atoms with Crippen LogP contribution in [0.3, 0.4) is 0 Å². The van der Waals surface area contributed by atoms with Crippen molar-refractivity contribution in [2.75, 3.05) is 6.61 Å². The molecule has 14 heteroatoms. The molecule has 0 aromatic heterocycles. The van der Waals surface area contributed by atoms with Crippen molar-refractivity contribution in [1.82, 2.24) is 16.0 Å². The second-order valence-electron chi connectivity index (χ2n) is 5.76. The number of carbonyl (C=O) groups excluding carboxylic acids is 4. The van der Waals surface area contributed by atoms with Gasteiger partial charge in [0.1, 0.15) is 18.1 Å². The van der Waals surface area contributed by atoms with Gasteiger partial charge >= 0.3 is 11.9 Å². The van der Waals surface area contributed by atoms with Gasteiger partial charge in [-0.2, -0.15) is 0 Å². The van der Waals surface area contributed by atoms with Gasteiger partial charge in [-0.25, -0.2) is 4.79 Å². The van der Waals surface area contributed by atoms with Crippen LogP contribution in [-0.4, -0.2) is 81.7 Å². The Balaban J connectivity index is 5.39. The molecule has 0 rings (SSSR count). The molecule has 0 aliphatic rings. The van der Waals surface area contributed by atoms with Crippen molar-refractivity contribution in [3.05, 3.63) is 0 Å². The molecule has 0 aliphatic carbocycles. The van der Waals surface area contributed by atoms with Crippen molar-refractivity contribution in [2.45, 2.75) is 43.9 Å². The largest absolute Gasteiger partial charge is 0.481 e. The lowest BCUT2D eigenvalue weighted by Gasteiger charge is -2.23. The standard InChI is InChI=1S/C14H23N5O9/c1-5(15)11(24)17-7(3-10(22)23)13(26)18-6(2-9(16)21)12(25)19-8(4-20)14(27)28/h5-8,20H,2-4,15H2,1H3,(H2,16,21)(H,17,24)(H,18,26)(H,19,25)(H,22,23)(H,27,28). The van der Waals surface area contributed by atoms with Crippen LogP contribution in [0.15, 0.2) is 0 Å². The van der Waals surface area contributed by atoms with E-state index >= 15 is 0 Å². The molecule has 0 radical (unpaired) electrons. The Morgan fingerprint density at radius 3 is 1.61 bits per heavy atom. The fourth-order valence-electron chi connectivity index (χ4n) is 1.83. The fourth-order valence-corrected chi connectivity index (χ4v) is 1.83. The van der Waals surface area contributed by atoms with Gasteiger partial charge in [-0.15, -0.1) is 0 Å². The average molecular weight is 405 g/mol.